The number of halogens is 1. The van der Waals surface area contributed by atoms with Crippen LogP contribution in [0.4, 0.5) is 0 Å². The number of rotatable bonds is 2. The molecule has 0 aliphatic rings. The molecule has 0 saturated carbocycles. The second-order valence-corrected chi connectivity index (χ2v) is 5.06. The molecule has 0 aliphatic heterocycles. The van der Waals surface area contributed by atoms with Gasteiger partial charge in [-0.2, -0.15) is 0 Å². The van der Waals surface area contributed by atoms with Crippen molar-refractivity contribution in [1.29, 1.82) is 0 Å². The average Bonchev–Trinajstić information content (AvgIpc) is 2.86. The summed E-state index contributed by atoms with van der Waals surface area (Å²) in [5.74, 6) is 0. The van der Waals surface area contributed by atoms with Gasteiger partial charge in [0.1, 0.15) is 6.10 Å². The van der Waals surface area contributed by atoms with Gasteiger partial charge in [0.25, 0.3) is 0 Å². The number of H-pyrrole nitrogens is 1. The van der Waals surface area contributed by atoms with Crippen molar-refractivity contribution in [3.05, 3.63) is 70.3 Å². The van der Waals surface area contributed by atoms with Crippen molar-refractivity contribution in [2.75, 3.05) is 0 Å². The van der Waals surface area contributed by atoms with Gasteiger partial charge in [-0.05, 0) is 29.3 Å². The highest BCUT2D eigenvalue weighted by Crippen LogP contribution is 2.32. The van der Waals surface area contributed by atoms with Gasteiger partial charge in [-0.3, -0.25) is 0 Å². The van der Waals surface area contributed by atoms with E-state index in [1.54, 1.807) is 0 Å². The molecule has 0 spiro atoms. The Hall–Kier alpha value is -1.58. The molecule has 0 amide bonds. The summed E-state index contributed by atoms with van der Waals surface area (Å²) in [5, 5.41) is 11.6. The largest absolute Gasteiger partial charge is 0.384 e. The number of hydrogen-bond acceptors (Lipinski definition) is 1. The van der Waals surface area contributed by atoms with Crippen LogP contribution < -0.4 is 0 Å². The van der Waals surface area contributed by atoms with E-state index >= 15 is 0 Å². The fourth-order valence-electron chi connectivity index (χ4n) is 2.21. The summed E-state index contributed by atoms with van der Waals surface area (Å²) in [4.78, 5) is 3.16. The Kier molecular flexibility index (Phi) is 2.94. The van der Waals surface area contributed by atoms with Crippen LogP contribution in [0.5, 0.6) is 0 Å². The zero-order valence-electron chi connectivity index (χ0n) is 9.60. The summed E-state index contributed by atoms with van der Waals surface area (Å²) in [6.07, 6.45) is 1.26. The summed E-state index contributed by atoms with van der Waals surface area (Å²) < 4.78 is 0.921. The predicted molar refractivity (Wildman–Crippen MR) is 76.5 cm³/mol. The molecule has 0 bridgehead atoms. The van der Waals surface area contributed by atoms with Crippen LogP contribution in [0.2, 0.25) is 0 Å². The Balaban J connectivity index is 2.15. The highest BCUT2D eigenvalue weighted by molar-refractivity contribution is 9.10. The van der Waals surface area contributed by atoms with Crippen molar-refractivity contribution in [1.82, 2.24) is 4.98 Å². The molecule has 3 aromatic rings. The van der Waals surface area contributed by atoms with E-state index in [0.29, 0.717) is 0 Å². The molecule has 2 aromatic carbocycles. The van der Waals surface area contributed by atoms with Gasteiger partial charge in [0.2, 0.25) is 0 Å². The van der Waals surface area contributed by atoms with Crippen molar-refractivity contribution in [2.45, 2.75) is 6.10 Å². The lowest BCUT2D eigenvalue weighted by atomic mass is 9.98. The van der Waals surface area contributed by atoms with Gasteiger partial charge in [0.05, 0.1) is 0 Å². The first-order valence-corrected chi connectivity index (χ1v) is 6.55. The van der Waals surface area contributed by atoms with Crippen LogP contribution in [0.25, 0.3) is 10.9 Å². The molecule has 2 N–H and O–H groups in total. The van der Waals surface area contributed by atoms with Crippen molar-refractivity contribution in [3.63, 3.8) is 0 Å². The van der Waals surface area contributed by atoms with E-state index in [1.165, 1.54) is 0 Å². The maximum absolute atomic E-state index is 10.5. The minimum Gasteiger partial charge on any atom is -0.384 e. The van der Waals surface area contributed by atoms with Crippen molar-refractivity contribution < 1.29 is 5.11 Å². The Bertz CT molecular complexity index is 690. The van der Waals surface area contributed by atoms with Crippen LogP contribution in [0.1, 0.15) is 17.2 Å². The first-order valence-electron chi connectivity index (χ1n) is 5.76. The summed E-state index contributed by atoms with van der Waals surface area (Å²) in [6.45, 7) is 0. The van der Waals surface area contributed by atoms with Gasteiger partial charge in [-0.25, -0.2) is 0 Å². The monoisotopic (exact) mass is 301 g/mol. The molecule has 1 atom stereocenters. The lowest BCUT2D eigenvalue weighted by Crippen LogP contribution is -2.00. The Morgan fingerprint density at radius 3 is 2.56 bits per heavy atom. The van der Waals surface area contributed by atoms with Crippen molar-refractivity contribution >= 4 is 26.8 Å². The minimum absolute atomic E-state index is 0.625. The summed E-state index contributed by atoms with van der Waals surface area (Å²) in [6, 6.07) is 15.7. The fourth-order valence-corrected chi connectivity index (χ4v) is 2.71. The van der Waals surface area contributed by atoms with Gasteiger partial charge >= 0.3 is 0 Å². The molecule has 3 rings (SSSR count). The fraction of sp³-hybridized carbons (Fsp3) is 0.0667. The number of aromatic amines is 1. The molecule has 90 valence electrons. The molecule has 2 nitrogen and oxygen atoms in total. The number of fused-ring (bicyclic) bond motifs is 1. The highest BCUT2D eigenvalue weighted by atomic mass is 79.9. The lowest BCUT2D eigenvalue weighted by Gasteiger charge is -2.14. The summed E-state index contributed by atoms with van der Waals surface area (Å²) in [5.41, 5.74) is 2.84. The normalized spacial score (nSPS) is 12.8. The van der Waals surface area contributed by atoms with Crippen molar-refractivity contribution in [2.24, 2.45) is 0 Å². The first-order chi connectivity index (χ1) is 8.77. The quantitative estimate of drug-likeness (QED) is 0.737. The number of aromatic nitrogens is 1. The average molecular weight is 302 g/mol. The van der Waals surface area contributed by atoms with E-state index in [0.717, 1.165) is 26.5 Å². The third-order valence-corrected chi connectivity index (χ3v) is 3.85. The third kappa shape index (κ3) is 1.85. The Labute approximate surface area is 113 Å². The lowest BCUT2D eigenvalue weighted by molar-refractivity contribution is 0.221. The maximum Gasteiger partial charge on any atom is 0.106 e. The molecule has 0 radical (unpaired) electrons. The van der Waals surface area contributed by atoms with Crippen LogP contribution in [-0.4, -0.2) is 10.1 Å². The molecule has 18 heavy (non-hydrogen) atoms. The molecule has 1 unspecified atom stereocenters. The van der Waals surface area contributed by atoms with Gasteiger partial charge < -0.3 is 10.1 Å². The van der Waals surface area contributed by atoms with Crippen LogP contribution in [0.15, 0.2) is 59.2 Å². The van der Waals surface area contributed by atoms with E-state index in [4.69, 9.17) is 0 Å². The third-order valence-electron chi connectivity index (χ3n) is 3.12. The van der Waals surface area contributed by atoms with E-state index in [9.17, 15) is 5.11 Å². The van der Waals surface area contributed by atoms with Crippen LogP contribution in [-0.2, 0) is 0 Å². The zero-order valence-corrected chi connectivity index (χ0v) is 11.2. The summed E-state index contributed by atoms with van der Waals surface area (Å²) >= 11 is 3.48. The molecule has 1 aromatic heterocycles. The molecule has 0 saturated heterocycles. The van der Waals surface area contributed by atoms with Crippen LogP contribution in [0, 0.1) is 0 Å². The number of hydrogen-bond donors (Lipinski definition) is 2. The van der Waals surface area contributed by atoms with Crippen molar-refractivity contribution in [3.8, 4) is 0 Å². The van der Waals surface area contributed by atoms with Gasteiger partial charge in [0.15, 0.2) is 0 Å². The van der Waals surface area contributed by atoms with Crippen LogP contribution >= 0.6 is 15.9 Å². The minimum atomic E-state index is -0.625. The Morgan fingerprint density at radius 2 is 1.72 bits per heavy atom. The highest BCUT2D eigenvalue weighted by Gasteiger charge is 2.15. The molecule has 3 heteroatoms. The number of nitrogens with one attached hydrogen (secondary N) is 1. The van der Waals surface area contributed by atoms with E-state index in [-0.39, 0.29) is 0 Å². The summed E-state index contributed by atoms with van der Waals surface area (Å²) in [7, 11) is 0. The number of benzene rings is 2. The number of aliphatic hydroxyl groups is 1. The smallest absolute Gasteiger partial charge is 0.106 e. The standard InChI is InChI=1S/C15H12BrNO/c16-13-6-2-1-4-12(13)15(18)11-5-3-7-14-10(11)8-9-17-14/h1-9,15,17-18H. The topological polar surface area (TPSA) is 36.0 Å². The molecule has 0 aliphatic carbocycles. The van der Waals surface area contributed by atoms with Gasteiger partial charge in [-0.1, -0.05) is 46.3 Å². The van der Waals surface area contributed by atoms with Gasteiger partial charge in [-0.15, -0.1) is 0 Å². The van der Waals surface area contributed by atoms with E-state index in [2.05, 4.69) is 20.9 Å². The molecule has 0 fully saturated rings. The predicted octanol–water partition coefficient (Wildman–Crippen LogP) is 4.01. The SMILES string of the molecule is OC(c1ccccc1Br)c1cccc2[nH]ccc12. The second-order valence-electron chi connectivity index (χ2n) is 4.21. The Morgan fingerprint density at radius 1 is 0.944 bits per heavy atom. The number of aliphatic hydroxyl groups excluding tert-OH is 1. The first kappa shape index (κ1) is 11.5. The zero-order chi connectivity index (χ0) is 12.5. The van der Waals surface area contributed by atoms with E-state index < -0.39 is 6.10 Å². The van der Waals surface area contributed by atoms with Gasteiger partial charge in [0, 0.05) is 21.6 Å². The molecular weight excluding hydrogens is 290 g/mol. The molecular formula is C15H12BrNO. The maximum atomic E-state index is 10.5. The molecule has 1 heterocycles. The van der Waals surface area contributed by atoms with E-state index in [1.807, 2.05) is 54.7 Å². The second kappa shape index (κ2) is 4.59. The van der Waals surface area contributed by atoms with Crippen LogP contribution in [0.3, 0.4) is 0 Å².